The summed E-state index contributed by atoms with van der Waals surface area (Å²) in [5.74, 6) is -0.510. The van der Waals surface area contributed by atoms with Crippen LogP contribution in [-0.2, 0) is 11.3 Å². The van der Waals surface area contributed by atoms with Gasteiger partial charge in [-0.3, -0.25) is 9.78 Å². The van der Waals surface area contributed by atoms with Crippen molar-refractivity contribution in [1.82, 2.24) is 10.3 Å². The number of rotatable bonds is 5. The summed E-state index contributed by atoms with van der Waals surface area (Å²) in [4.78, 5) is 16.7. The number of aromatic nitrogens is 1. The maximum absolute atomic E-state index is 12.5. The molecule has 0 saturated carbocycles. The minimum Gasteiger partial charge on any atom is -0.352 e. The van der Waals surface area contributed by atoms with Crippen molar-refractivity contribution in [2.24, 2.45) is 0 Å². The van der Waals surface area contributed by atoms with Gasteiger partial charge in [0, 0.05) is 29.2 Å². The Morgan fingerprint density at radius 2 is 1.89 bits per heavy atom. The van der Waals surface area contributed by atoms with E-state index in [0.29, 0.717) is 0 Å². The Hall–Kier alpha value is -2.54. The molecule has 3 aromatic rings. The van der Waals surface area contributed by atoms with Crippen LogP contribution in [0.5, 0.6) is 0 Å². The van der Waals surface area contributed by atoms with Crippen LogP contribution in [0.4, 0.5) is 13.2 Å². The van der Waals surface area contributed by atoms with Gasteiger partial charge in [-0.1, -0.05) is 30.3 Å². The molecular formula is C20H17F3N2OS. The summed E-state index contributed by atoms with van der Waals surface area (Å²) in [6.45, 7) is 2.08. The molecule has 0 fully saturated rings. The largest absolute Gasteiger partial charge is 0.446 e. The lowest BCUT2D eigenvalue weighted by Gasteiger charge is -2.15. The number of benzene rings is 2. The molecule has 3 rings (SSSR count). The van der Waals surface area contributed by atoms with E-state index in [1.807, 2.05) is 31.2 Å². The van der Waals surface area contributed by atoms with E-state index < -0.39 is 5.51 Å². The first-order chi connectivity index (χ1) is 12.8. The Kier molecular flexibility index (Phi) is 5.70. The molecule has 2 aromatic carbocycles. The molecule has 0 saturated heterocycles. The number of pyridine rings is 1. The van der Waals surface area contributed by atoms with Crippen LogP contribution < -0.4 is 5.32 Å². The lowest BCUT2D eigenvalue weighted by molar-refractivity contribution is -0.122. The van der Waals surface area contributed by atoms with E-state index in [9.17, 15) is 18.0 Å². The lowest BCUT2D eigenvalue weighted by Crippen LogP contribution is -2.27. The fourth-order valence-corrected chi connectivity index (χ4v) is 3.36. The predicted molar refractivity (Wildman–Crippen MR) is 100 cm³/mol. The van der Waals surface area contributed by atoms with Crippen LogP contribution in [0.2, 0.25) is 0 Å². The van der Waals surface area contributed by atoms with Crippen LogP contribution in [0.25, 0.3) is 10.8 Å². The summed E-state index contributed by atoms with van der Waals surface area (Å²) < 4.78 is 37.1. The number of fused-ring (bicyclic) bond motifs is 1. The first-order valence-corrected chi connectivity index (χ1v) is 9.10. The number of carbonyl (C=O) groups excluding carboxylic acids is 1. The van der Waals surface area contributed by atoms with Gasteiger partial charge < -0.3 is 5.32 Å². The Morgan fingerprint density at radius 3 is 2.59 bits per heavy atom. The molecular weight excluding hydrogens is 373 g/mol. The van der Waals surface area contributed by atoms with Gasteiger partial charge in [0.2, 0.25) is 5.91 Å². The van der Waals surface area contributed by atoms with Gasteiger partial charge in [-0.15, -0.1) is 0 Å². The Balaban J connectivity index is 1.65. The number of hydrogen-bond donors (Lipinski definition) is 1. The first kappa shape index (κ1) is 19.2. The van der Waals surface area contributed by atoms with Crippen molar-refractivity contribution in [3.63, 3.8) is 0 Å². The lowest BCUT2D eigenvalue weighted by atomic mass is 9.95. The Morgan fingerprint density at radius 1 is 1.15 bits per heavy atom. The molecule has 1 amide bonds. The van der Waals surface area contributed by atoms with Crippen molar-refractivity contribution < 1.29 is 18.0 Å². The van der Waals surface area contributed by atoms with Crippen molar-refractivity contribution in [2.75, 3.05) is 0 Å². The van der Waals surface area contributed by atoms with E-state index in [2.05, 4.69) is 10.3 Å². The molecule has 1 aromatic heterocycles. The topological polar surface area (TPSA) is 42.0 Å². The molecule has 7 heteroatoms. The van der Waals surface area contributed by atoms with Crippen LogP contribution in [0, 0.1) is 0 Å². The molecule has 0 aliphatic carbocycles. The maximum Gasteiger partial charge on any atom is 0.446 e. The fraction of sp³-hybridized carbons (Fsp3) is 0.200. The quantitative estimate of drug-likeness (QED) is 0.604. The number of amides is 1. The third-order valence-electron chi connectivity index (χ3n) is 4.20. The van der Waals surface area contributed by atoms with Gasteiger partial charge in [0.25, 0.3) is 0 Å². The summed E-state index contributed by atoms with van der Waals surface area (Å²) >= 11 is -0.155. The van der Waals surface area contributed by atoms with Crippen LogP contribution in [0.1, 0.15) is 24.0 Å². The van der Waals surface area contributed by atoms with E-state index in [4.69, 9.17) is 0 Å². The minimum absolute atomic E-state index is 0.121. The zero-order valence-electron chi connectivity index (χ0n) is 14.5. The third kappa shape index (κ3) is 5.01. The molecule has 0 aliphatic rings. The molecule has 0 radical (unpaired) electrons. The molecule has 140 valence electrons. The molecule has 1 N–H and O–H groups in total. The zero-order valence-corrected chi connectivity index (χ0v) is 15.3. The van der Waals surface area contributed by atoms with E-state index in [1.165, 1.54) is 12.1 Å². The third-order valence-corrected chi connectivity index (χ3v) is 4.94. The zero-order chi connectivity index (χ0) is 19.4. The molecule has 1 unspecified atom stereocenters. The normalized spacial score (nSPS) is 12.7. The molecule has 27 heavy (non-hydrogen) atoms. The molecule has 0 aliphatic heterocycles. The maximum atomic E-state index is 12.5. The second kappa shape index (κ2) is 8.00. The highest BCUT2D eigenvalue weighted by molar-refractivity contribution is 8.00. The van der Waals surface area contributed by atoms with Gasteiger partial charge in [0.15, 0.2) is 0 Å². The van der Waals surface area contributed by atoms with Crippen LogP contribution in [0.15, 0.2) is 65.8 Å². The summed E-state index contributed by atoms with van der Waals surface area (Å²) in [5.41, 5.74) is -2.66. The number of hydrogen-bond acceptors (Lipinski definition) is 3. The first-order valence-electron chi connectivity index (χ1n) is 8.28. The fourth-order valence-electron chi connectivity index (χ4n) is 2.82. The van der Waals surface area contributed by atoms with Crippen molar-refractivity contribution in [2.45, 2.75) is 29.8 Å². The standard InChI is InChI=1S/C20H17F3N2OS/c1-13(17-4-2-3-15-12-24-10-9-18(15)17)19(26)25-11-14-5-7-16(8-6-14)27-20(21,22)23/h2-10,12-13H,11H2,1H3,(H,25,26). The highest BCUT2D eigenvalue weighted by atomic mass is 32.2. The second-order valence-electron chi connectivity index (χ2n) is 6.08. The number of alkyl halides is 3. The number of halogens is 3. The van der Waals surface area contributed by atoms with Crippen LogP contribution >= 0.6 is 11.8 Å². The molecule has 3 nitrogen and oxygen atoms in total. The number of nitrogens with one attached hydrogen (secondary N) is 1. The second-order valence-corrected chi connectivity index (χ2v) is 7.21. The minimum atomic E-state index is -4.31. The van der Waals surface area contributed by atoms with Crippen molar-refractivity contribution >= 4 is 28.4 Å². The summed E-state index contributed by atoms with van der Waals surface area (Å²) in [6.07, 6.45) is 3.45. The van der Waals surface area contributed by atoms with Gasteiger partial charge in [0.05, 0.1) is 5.92 Å². The molecule has 0 spiro atoms. The average molecular weight is 390 g/mol. The Bertz CT molecular complexity index is 937. The van der Waals surface area contributed by atoms with Crippen LogP contribution in [0.3, 0.4) is 0 Å². The van der Waals surface area contributed by atoms with Gasteiger partial charge in [-0.2, -0.15) is 13.2 Å². The van der Waals surface area contributed by atoms with Gasteiger partial charge in [0.1, 0.15) is 0 Å². The summed E-state index contributed by atoms with van der Waals surface area (Å²) in [5, 5.41) is 4.79. The van der Waals surface area contributed by atoms with Crippen molar-refractivity contribution in [3.8, 4) is 0 Å². The van der Waals surface area contributed by atoms with Gasteiger partial charge in [-0.05, 0) is 53.4 Å². The van der Waals surface area contributed by atoms with Gasteiger partial charge >= 0.3 is 5.51 Å². The van der Waals surface area contributed by atoms with E-state index >= 15 is 0 Å². The summed E-state index contributed by atoms with van der Waals surface area (Å²) in [7, 11) is 0. The molecule has 1 heterocycles. The highest BCUT2D eigenvalue weighted by Gasteiger charge is 2.29. The highest BCUT2D eigenvalue weighted by Crippen LogP contribution is 2.36. The number of thioether (sulfide) groups is 1. The Labute approximate surface area is 159 Å². The summed E-state index contributed by atoms with van der Waals surface area (Å²) in [6, 6.07) is 13.6. The van der Waals surface area contributed by atoms with E-state index in [1.54, 1.807) is 24.5 Å². The van der Waals surface area contributed by atoms with E-state index in [0.717, 1.165) is 21.9 Å². The SMILES string of the molecule is CC(C(=O)NCc1ccc(SC(F)(F)F)cc1)c1cccc2cnccc12. The predicted octanol–water partition coefficient (Wildman–Crippen LogP) is 5.27. The van der Waals surface area contributed by atoms with Crippen molar-refractivity contribution in [1.29, 1.82) is 0 Å². The van der Waals surface area contributed by atoms with Gasteiger partial charge in [-0.25, -0.2) is 0 Å². The molecule has 1 atom stereocenters. The number of nitrogens with zero attached hydrogens (tertiary/aromatic N) is 1. The average Bonchev–Trinajstić information content (AvgIpc) is 2.65. The number of carbonyl (C=O) groups is 1. The molecule has 0 bridgehead atoms. The van der Waals surface area contributed by atoms with Crippen LogP contribution in [-0.4, -0.2) is 16.4 Å². The van der Waals surface area contributed by atoms with E-state index in [-0.39, 0.29) is 35.0 Å². The smallest absolute Gasteiger partial charge is 0.352 e. The monoisotopic (exact) mass is 390 g/mol. The van der Waals surface area contributed by atoms with Crippen molar-refractivity contribution in [3.05, 3.63) is 72.1 Å².